The monoisotopic (exact) mass is 217 g/mol. The van der Waals surface area contributed by atoms with Crippen molar-refractivity contribution in [2.75, 3.05) is 5.75 Å². The molecule has 0 aromatic carbocycles. The Morgan fingerprint density at radius 1 is 1.85 bits per heavy atom. The van der Waals surface area contributed by atoms with Gasteiger partial charge in [0.15, 0.2) is 0 Å². The number of hydrogen-bond donors (Lipinski definition) is 2. The van der Waals surface area contributed by atoms with Crippen molar-refractivity contribution >= 4 is 29.0 Å². The summed E-state index contributed by atoms with van der Waals surface area (Å²) in [6, 6.07) is -0.589. The molecule has 0 aliphatic rings. The maximum absolute atomic E-state index is 10.6. The van der Waals surface area contributed by atoms with E-state index in [1.165, 1.54) is 11.8 Å². The van der Waals surface area contributed by atoms with Crippen LogP contribution in [0.5, 0.6) is 0 Å². The molecule has 0 radical (unpaired) electrons. The SMILES string of the molecule is Cc1csc(SCC(N)C(N)=O)n1. The van der Waals surface area contributed by atoms with Crippen LogP contribution in [0.2, 0.25) is 0 Å². The third-order valence-electron chi connectivity index (χ3n) is 1.35. The van der Waals surface area contributed by atoms with Gasteiger partial charge >= 0.3 is 0 Å². The molecule has 1 heterocycles. The highest BCUT2D eigenvalue weighted by Gasteiger charge is 2.10. The first-order valence-corrected chi connectivity index (χ1v) is 5.56. The van der Waals surface area contributed by atoms with E-state index in [9.17, 15) is 4.79 Å². The van der Waals surface area contributed by atoms with Gasteiger partial charge in [0.05, 0.1) is 6.04 Å². The van der Waals surface area contributed by atoms with Gasteiger partial charge in [-0.05, 0) is 6.92 Å². The molecule has 1 aromatic heterocycles. The van der Waals surface area contributed by atoms with Gasteiger partial charge in [-0.25, -0.2) is 4.98 Å². The van der Waals surface area contributed by atoms with E-state index in [-0.39, 0.29) is 0 Å². The van der Waals surface area contributed by atoms with Crippen molar-refractivity contribution in [1.82, 2.24) is 4.98 Å². The van der Waals surface area contributed by atoms with Gasteiger partial charge in [0.25, 0.3) is 0 Å². The Kier molecular flexibility index (Phi) is 3.71. The average molecular weight is 217 g/mol. The van der Waals surface area contributed by atoms with E-state index in [1.807, 2.05) is 12.3 Å². The van der Waals surface area contributed by atoms with Crippen molar-refractivity contribution in [3.63, 3.8) is 0 Å². The molecule has 1 amide bonds. The van der Waals surface area contributed by atoms with Crippen LogP contribution in [0.1, 0.15) is 5.69 Å². The first-order chi connectivity index (χ1) is 6.09. The fraction of sp³-hybridized carbons (Fsp3) is 0.429. The molecular formula is C7H11N3OS2. The smallest absolute Gasteiger partial charge is 0.235 e. The maximum atomic E-state index is 10.6. The largest absolute Gasteiger partial charge is 0.368 e. The van der Waals surface area contributed by atoms with E-state index in [0.29, 0.717) is 5.75 Å². The Morgan fingerprint density at radius 3 is 3.00 bits per heavy atom. The molecule has 13 heavy (non-hydrogen) atoms. The maximum Gasteiger partial charge on any atom is 0.235 e. The van der Waals surface area contributed by atoms with Crippen molar-refractivity contribution in [3.05, 3.63) is 11.1 Å². The molecule has 6 heteroatoms. The molecular weight excluding hydrogens is 206 g/mol. The van der Waals surface area contributed by atoms with Crippen molar-refractivity contribution in [3.8, 4) is 0 Å². The zero-order valence-corrected chi connectivity index (χ0v) is 8.82. The van der Waals surface area contributed by atoms with Gasteiger partial charge in [-0.2, -0.15) is 0 Å². The van der Waals surface area contributed by atoms with Crippen LogP contribution in [0.25, 0.3) is 0 Å². The molecule has 0 spiro atoms. The van der Waals surface area contributed by atoms with E-state index in [0.717, 1.165) is 10.0 Å². The number of aromatic nitrogens is 1. The highest BCUT2D eigenvalue weighted by molar-refractivity contribution is 8.01. The van der Waals surface area contributed by atoms with E-state index >= 15 is 0 Å². The first-order valence-electron chi connectivity index (χ1n) is 3.69. The average Bonchev–Trinajstić information content (AvgIpc) is 2.47. The molecule has 4 N–H and O–H groups in total. The Hall–Kier alpha value is -0.590. The summed E-state index contributed by atoms with van der Waals surface area (Å²) >= 11 is 3.01. The summed E-state index contributed by atoms with van der Waals surface area (Å²) in [6.45, 7) is 1.93. The van der Waals surface area contributed by atoms with Gasteiger partial charge < -0.3 is 11.5 Å². The first kappa shape index (κ1) is 10.5. The minimum absolute atomic E-state index is 0.472. The van der Waals surface area contributed by atoms with E-state index < -0.39 is 11.9 Å². The van der Waals surface area contributed by atoms with Crippen LogP contribution < -0.4 is 11.5 Å². The number of amides is 1. The molecule has 1 atom stereocenters. The van der Waals surface area contributed by atoms with Gasteiger partial charge in [-0.1, -0.05) is 11.8 Å². The molecule has 0 bridgehead atoms. The number of hydrogen-bond acceptors (Lipinski definition) is 5. The molecule has 0 aliphatic carbocycles. The Morgan fingerprint density at radius 2 is 2.54 bits per heavy atom. The predicted molar refractivity (Wildman–Crippen MR) is 54.7 cm³/mol. The fourth-order valence-corrected chi connectivity index (χ4v) is 2.48. The van der Waals surface area contributed by atoms with Gasteiger partial charge in [-0.15, -0.1) is 11.3 Å². The van der Waals surface area contributed by atoms with Crippen LogP contribution >= 0.6 is 23.1 Å². The standard InChI is InChI=1S/C7H11N3OS2/c1-4-2-12-7(10-4)13-3-5(8)6(9)11/h2,5H,3,8H2,1H3,(H2,9,11). The number of primary amides is 1. The molecule has 0 fully saturated rings. The van der Waals surface area contributed by atoms with Crippen LogP contribution in [-0.4, -0.2) is 22.7 Å². The summed E-state index contributed by atoms with van der Waals surface area (Å²) in [4.78, 5) is 14.8. The lowest BCUT2D eigenvalue weighted by Crippen LogP contribution is -2.38. The zero-order valence-electron chi connectivity index (χ0n) is 7.19. The number of carbonyl (C=O) groups excluding carboxylic acids is 1. The second kappa shape index (κ2) is 4.59. The Bertz CT molecular complexity index is 300. The number of carbonyl (C=O) groups is 1. The number of thioether (sulfide) groups is 1. The van der Waals surface area contributed by atoms with Gasteiger partial charge in [0, 0.05) is 16.8 Å². The Balaban J connectivity index is 2.39. The number of thiazole rings is 1. The van der Waals surface area contributed by atoms with Crippen molar-refractivity contribution < 1.29 is 4.79 Å². The number of nitrogens with zero attached hydrogens (tertiary/aromatic N) is 1. The summed E-state index contributed by atoms with van der Waals surface area (Å²) < 4.78 is 0.925. The van der Waals surface area contributed by atoms with Crippen molar-refractivity contribution in [2.45, 2.75) is 17.3 Å². The normalized spacial score (nSPS) is 12.8. The quantitative estimate of drug-likeness (QED) is 0.713. The van der Waals surface area contributed by atoms with Gasteiger partial charge in [0.1, 0.15) is 4.34 Å². The van der Waals surface area contributed by atoms with E-state index in [2.05, 4.69) is 4.98 Å². The van der Waals surface area contributed by atoms with Gasteiger partial charge in [0.2, 0.25) is 5.91 Å². The van der Waals surface area contributed by atoms with Crippen LogP contribution in [0.15, 0.2) is 9.72 Å². The predicted octanol–water partition coefficient (Wildman–Crippen LogP) is 0.356. The number of nitrogens with two attached hydrogens (primary N) is 2. The van der Waals surface area contributed by atoms with Gasteiger partial charge in [-0.3, -0.25) is 4.79 Å². The minimum Gasteiger partial charge on any atom is -0.368 e. The van der Waals surface area contributed by atoms with Crippen LogP contribution in [0.3, 0.4) is 0 Å². The van der Waals surface area contributed by atoms with E-state index in [1.54, 1.807) is 11.3 Å². The van der Waals surface area contributed by atoms with Crippen molar-refractivity contribution in [1.29, 1.82) is 0 Å². The zero-order chi connectivity index (χ0) is 9.84. The molecule has 1 unspecified atom stereocenters. The molecule has 1 rings (SSSR count). The number of aryl methyl sites for hydroxylation is 1. The number of rotatable bonds is 4. The molecule has 1 aromatic rings. The lowest BCUT2D eigenvalue weighted by Gasteiger charge is -2.03. The topological polar surface area (TPSA) is 82.0 Å². The molecule has 4 nitrogen and oxygen atoms in total. The molecule has 72 valence electrons. The summed E-state index contributed by atoms with van der Waals surface area (Å²) in [5.74, 6) is 0.0169. The summed E-state index contributed by atoms with van der Waals surface area (Å²) in [7, 11) is 0. The second-order valence-electron chi connectivity index (χ2n) is 2.57. The Labute approximate surface area is 84.7 Å². The minimum atomic E-state index is -0.589. The summed E-state index contributed by atoms with van der Waals surface area (Å²) in [6.07, 6.45) is 0. The third kappa shape index (κ3) is 3.33. The highest BCUT2D eigenvalue weighted by atomic mass is 32.2. The molecule has 0 saturated heterocycles. The highest BCUT2D eigenvalue weighted by Crippen LogP contribution is 2.22. The third-order valence-corrected chi connectivity index (χ3v) is 3.61. The molecule has 0 saturated carbocycles. The van der Waals surface area contributed by atoms with Crippen LogP contribution in [0, 0.1) is 6.92 Å². The van der Waals surface area contributed by atoms with E-state index in [4.69, 9.17) is 11.5 Å². The lowest BCUT2D eigenvalue weighted by atomic mass is 10.3. The summed E-state index contributed by atoms with van der Waals surface area (Å²) in [5, 5.41) is 1.96. The molecule has 0 aliphatic heterocycles. The lowest BCUT2D eigenvalue weighted by molar-refractivity contribution is -0.118. The summed E-state index contributed by atoms with van der Waals surface area (Å²) in [5.41, 5.74) is 11.4. The fourth-order valence-electron chi connectivity index (χ4n) is 0.642. The second-order valence-corrected chi connectivity index (χ2v) is 4.70. The van der Waals surface area contributed by atoms with Crippen LogP contribution in [0.4, 0.5) is 0 Å². The van der Waals surface area contributed by atoms with Crippen molar-refractivity contribution in [2.24, 2.45) is 11.5 Å². The van der Waals surface area contributed by atoms with Crippen LogP contribution in [-0.2, 0) is 4.79 Å².